The van der Waals surface area contributed by atoms with Crippen molar-refractivity contribution in [3.05, 3.63) is 28.8 Å². The molecule has 0 bridgehead atoms. The number of fused-ring (bicyclic) bond motifs is 1. The minimum absolute atomic E-state index is 0.271. The number of methoxy groups -OCH3 is 1. The highest BCUT2D eigenvalue weighted by molar-refractivity contribution is 7.71. The van der Waals surface area contributed by atoms with Gasteiger partial charge < -0.3 is 14.3 Å². The summed E-state index contributed by atoms with van der Waals surface area (Å²) in [4.78, 5) is 3.00. The van der Waals surface area contributed by atoms with Crippen LogP contribution in [0.15, 0.2) is 18.2 Å². The molecule has 0 spiro atoms. The number of nitrogens with one attached hydrogen (secondary N) is 1. The van der Waals surface area contributed by atoms with E-state index in [9.17, 15) is 4.39 Å². The van der Waals surface area contributed by atoms with Crippen LogP contribution < -0.4 is 0 Å². The third-order valence-corrected chi connectivity index (χ3v) is 3.15. The van der Waals surface area contributed by atoms with Crippen molar-refractivity contribution in [3.8, 4) is 0 Å². The molecule has 1 aromatic carbocycles. The molecule has 1 aromatic heterocycles. The average Bonchev–Trinajstić information content (AvgIpc) is 2.54. The van der Waals surface area contributed by atoms with Gasteiger partial charge in [-0.25, -0.2) is 4.39 Å². The van der Waals surface area contributed by atoms with Crippen LogP contribution in [-0.2, 0) is 11.3 Å². The molecule has 0 fully saturated rings. The molecule has 0 unspecified atom stereocenters. The fourth-order valence-electron chi connectivity index (χ4n) is 1.74. The lowest BCUT2D eigenvalue weighted by atomic mass is 10.1. The van der Waals surface area contributed by atoms with Crippen LogP contribution in [0.4, 0.5) is 4.39 Å². The van der Waals surface area contributed by atoms with Gasteiger partial charge in [0.15, 0.2) is 4.77 Å². The Balaban J connectivity index is 2.54. The van der Waals surface area contributed by atoms with Gasteiger partial charge in [-0.3, -0.25) is 0 Å². The number of aromatic amines is 1. The summed E-state index contributed by atoms with van der Waals surface area (Å²) in [5.41, 5.74) is 1.28. The number of rotatable bonds is 3. The summed E-state index contributed by atoms with van der Waals surface area (Å²) in [6.45, 7) is 4.59. The molecule has 0 amide bonds. The van der Waals surface area contributed by atoms with Crippen LogP contribution in [0.3, 0.4) is 0 Å². The largest absolute Gasteiger partial charge is 0.377 e. The molecular weight excluding hydrogens is 239 g/mol. The van der Waals surface area contributed by atoms with Crippen LogP contribution in [0, 0.1) is 10.6 Å². The van der Waals surface area contributed by atoms with Crippen LogP contribution in [0.5, 0.6) is 0 Å². The Labute approximate surface area is 104 Å². The number of H-pyrrole nitrogens is 1. The summed E-state index contributed by atoms with van der Waals surface area (Å²) in [5.74, 6) is -0.271. The van der Waals surface area contributed by atoms with E-state index in [4.69, 9.17) is 17.0 Å². The van der Waals surface area contributed by atoms with Crippen LogP contribution >= 0.6 is 12.2 Å². The number of nitrogens with zero attached hydrogens (tertiary/aromatic N) is 1. The van der Waals surface area contributed by atoms with E-state index in [0.29, 0.717) is 16.8 Å². The van der Waals surface area contributed by atoms with Crippen LogP contribution in [-0.4, -0.2) is 22.3 Å². The van der Waals surface area contributed by atoms with Gasteiger partial charge in [0, 0.05) is 7.11 Å². The zero-order chi connectivity index (χ0) is 12.6. The monoisotopic (exact) mass is 254 g/mol. The maximum atomic E-state index is 13.1. The first kappa shape index (κ1) is 12.3. The third kappa shape index (κ3) is 2.40. The Morgan fingerprint density at radius 3 is 2.82 bits per heavy atom. The highest BCUT2D eigenvalue weighted by Gasteiger charge is 2.19. The van der Waals surface area contributed by atoms with Crippen molar-refractivity contribution in [2.45, 2.75) is 26.0 Å². The average molecular weight is 254 g/mol. The van der Waals surface area contributed by atoms with E-state index in [1.807, 2.05) is 18.4 Å². The van der Waals surface area contributed by atoms with Gasteiger partial charge in [0.25, 0.3) is 0 Å². The molecule has 5 heteroatoms. The maximum absolute atomic E-state index is 13.1. The summed E-state index contributed by atoms with van der Waals surface area (Å²) in [7, 11) is 1.66. The van der Waals surface area contributed by atoms with Crippen molar-refractivity contribution in [2.24, 2.45) is 0 Å². The number of aromatic nitrogens is 2. The van der Waals surface area contributed by atoms with Crippen molar-refractivity contribution in [1.82, 2.24) is 9.55 Å². The lowest BCUT2D eigenvalue weighted by Gasteiger charge is -2.23. The highest BCUT2D eigenvalue weighted by Crippen LogP contribution is 2.19. The van der Waals surface area contributed by atoms with Crippen molar-refractivity contribution < 1.29 is 9.13 Å². The first-order valence-electron chi connectivity index (χ1n) is 5.36. The molecule has 0 aliphatic heterocycles. The normalized spacial score (nSPS) is 12.2. The van der Waals surface area contributed by atoms with Gasteiger partial charge in [0.1, 0.15) is 5.82 Å². The van der Waals surface area contributed by atoms with Gasteiger partial charge in [-0.1, -0.05) is 0 Å². The molecular formula is C12H15FN2OS. The van der Waals surface area contributed by atoms with Gasteiger partial charge in [-0.2, -0.15) is 0 Å². The van der Waals surface area contributed by atoms with Gasteiger partial charge in [0.2, 0.25) is 0 Å². The molecule has 0 radical (unpaired) electrons. The smallest absolute Gasteiger partial charge is 0.178 e. The first-order valence-corrected chi connectivity index (χ1v) is 5.77. The first-order chi connectivity index (χ1) is 7.93. The molecule has 0 aliphatic carbocycles. The topological polar surface area (TPSA) is 29.9 Å². The van der Waals surface area contributed by atoms with E-state index in [1.54, 1.807) is 13.2 Å². The van der Waals surface area contributed by atoms with Crippen LogP contribution in [0.25, 0.3) is 11.0 Å². The van der Waals surface area contributed by atoms with Gasteiger partial charge >= 0.3 is 0 Å². The molecule has 3 nitrogen and oxygen atoms in total. The van der Waals surface area contributed by atoms with Crippen molar-refractivity contribution in [3.63, 3.8) is 0 Å². The van der Waals surface area contributed by atoms with E-state index in [-0.39, 0.29) is 11.4 Å². The summed E-state index contributed by atoms with van der Waals surface area (Å²) in [6.07, 6.45) is 0. The molecule has 1 heterocycles. The Morgan fingerprint density at radius 1 is 1.47 bits per heavy atom. The SMILES string of the molecule is COC(C)(C)Cn1c(=S)[nH]c2cc(F)ccc21. The van der Waals surface area contributed by atoms with Crippen LogP contribution in [0.1, 0.15) is 13.8 Å². The zero-order valence-corrected chi connectivity index (χ0v) is 10.9. The molecule has 92 valence electrons. The van der Waals surface area contributed by atoms with Gasteiger partial charge in [-0.05, 0) is 44.3 Å². The fraction of sp³-hybridized carbons (Fsp3) is 0.417. The Kier molecular flexibility index (Phi) is 3.05. The van der Waals surface area contributed by atoms with Crippen LogP contribution in [0.2, 0.25) is 0 Å². The zero-order valence-electron chi connectivity index (χ0n) is 10.1. The standard InChI is InChI=1S/C12H15FN2OS/c1-12(2,16-3)7-15-10-5-4-8(13)6-9(10)14-11(15)17/h4-6H,7H2,1-3H3,(H,14,17). The number of imidazole rings is 1. The molecule has 1 N–H and O–H groups in total. The molecule has 0 aliphatic rings. The maximum Gasteiger partial charge on any atom is 0.178 e. The van der Waals surface area contributed by atoms with E-state index >= 15 is 0 Å². The summed E-state index contributed by atoms with van der Waals surface area (Å²) in [6, 6.07) is 4.60. The number of ether oxygens (including phenoxy) is 1. The summed E-state index contributed by atoms with van der Waals surface area (Å²) >= 11 is 5.24. The van der Waals surface area contributed by atoms with Crippen molar-refractivity contribution >= 4 is 23.3 Å². The van der Waals surface area contributed by atoms with Gasteiger partial charge in [0.05, 0.1) is 23.2 Å². The second-order valence-corrected chi connectivity index (χ2v) is 5.03. The lowest BCUT2D eigenvalue weighted by Crippen LogP contribution is -2.29. The van der Waals surface area contributed by atoms with E-state index in [2.05, 4.69) is 4.98 Å². The molecule has 2 aromatic rings. The van der Waals surface area contributed by atoms with Gasteiger partial charge in [-0.15, -0.1) is 0 Å². The summed E-state index contributed by atoms with van der Waals surface area (Å²) in [5, 5.41) is 0. The number of halogens is 1. The summed E-state index contributed by atoms with van der Waals surface area (Å²) < 4.78 is 21.0. The Hall–Kier alpha value is -1.20. The lowest BCUT2D eigenvalue weighted by molar-refractivity contribution is 0.00873. The van der Waals surface area contributed by atoms with E-state index in [0.717, 1.165) is 5.52 Å². The Morgan fingerprint density at radius 2 is 2.18 bits per heavy atom. The van der Waals surface area contributed by atoms with Crippen molar-refractivity contribution in [2.75, 3.05) is 7.11 Å². The van der Waals surface area contributed by atoms with E-state index in [1.165, 1.54) is 12.1 Å². The Bertz CT molecular complexity index is 600. The predicted molar refractivity (Wildman–Crippen MR) is 68.2 cm³/mol. The molecule has 0 saturated carbocycles. The number of hydrogen-bond acceptors (Lipinski definition) is 2. The predicted octanol–water partition coefficient (Wildman–Crippen LogP) is 3.26. The van der Waals surface area contributed by atoms with Crippen molar-refractivity contribution in [1.29, 1.82) is 0 Å². The minimum Gasteiger partial charge on any atom is -0.377 e. The molecule has 2 rings (SSSR count). The molecule has 0 saturated heterocycles. The second-order valence-electron chi connectivity index (χ2n) is 4.64. The van der Waals surface area contributed by atoms with E-state index < -0.39 is 0 Å². The molecule has 0 atom stereocenters. The quantitative estimate of drug-likeness (QED) is 0.852. The third-order valence-electron chi connectivity index (χ3n) is 2.83. The fourth-order valence-corrected chi connectivity index (χ4v) is 2.01. The molecule has 17 heavy (non-hydrogen) atoms. The number of benzene rings is 1. The number of hydrogen-bond donors (Lipinski definition) is 1. The second kappa shape index (κ2) is 4.23. The minimum atomic E-state index is -0.318. The highest BCUT2D eigenvalue weighted by atomic mass is 32.1.